The van der Waals surface area contributed by atoms with Crippen molar-refractivity contribution in [3.8, 4) is 0 Å². The highest BCUT2D eigenvalue weighted by Crippen LogP contribution is 2.30. The molecule has 4 nitrogen and oxygen atoms in total. The van der Waals surface area contributed by atoms with Crippen molar-refractivity contribution in [1.82, 2.24) is 0 Å². The molecule has 0 aliphatic heterocycles. The van der Waals surface area contributed by atoms with Gasteiger partial charge in [0.1, 0.15) is 5.54 Å². The maximum absolute atomic E-state index is 11.7. The zero-order valence-corrected chi connectivity index (χ0v) is 14.2. The molecule has 0 radical (unpaired) electrons. The van der Waals surface area contributed by atoms with Gasteiger partial charge in [-0.3, -0.25) is 4.79 Å². The van der Waals surface area contributed by atoms with Crippen LogP contribution in [0.5, 0.6) is 0 Å². The summed E-state index contributed by atoms with van der Waals surface area (Å²) in [6.45, 7) is 9.32. The first-order valence-corrected chi connectivity index (χ1v) is 8.42. The van der Waals surface area contributed by atoms with Crippen molar-refractivity contribution in [3.05, 3.63) is 0 Å². The molecular weight excluding hydrogens is 266 g/mol. The average Bonchev–Trinajstić information content (AvgIpc) is 2.37. The summed E-state index contributed by atoms with van der Waals surface area (Å²) in [5.74, 6) is 1.24. The lowest BCUT2D eigenvalue weighted by Crippen LogP contribution is -2.46. The number of carbonyl (C=O) groups excluding carboxylic acids is 1. The number of carbonyl (C=O) groups is 1. The second kappa shape index (κ2) is 8.74. The van der Waals surface area contributed by atoms with E-state index in [4.69, 9.17) is 15.2 Å². The Hall–Kier alpha value is -0.610. The Labute approximate surface area is 129 Å². The maximum atomic E-state index is 11.7. The van der Waals surface area contributed by atoms with Gasteiger partial charge in [0.25, 0.3) is 0 Å². The summed E-state index contributed by atoms with van der Waals surface area (Å²) in [7, 11) is 0. The van der Waals surface area contributed by atoms with Crippen molar-refractivity contribution < 1.29 is 14.3 Å². The SMILES string of the molecule is CCOC(=O)C(C)(N)CCCCOC1CC(C)CC(C)C1. The Morgan fingerprint density at radius 3 is 2.38 bits per heavy atom. The van der Waals surface area contributed by atoms with Crippen LogP contribution in [-0.2, 0) is 14.3 Å². The highest BCUT2D eigenvalue weighted by molar-refractivity contribution is 5.79. The van der Waals surface area contributed by atoms with E-state index < -0.39 is 5.54 Å². The molecule has 0 bridgehead atoms. The first kappa shape index (κ1) is 18.4. The lowest BCUT2D eigenvalue weighted by Gasteiger charge is -2.31. The third kappa shape index (κ3) is 6.79. The summed E-state index contributed by atoms with van der Waals surface area (Å²) in [6, 6.07) is 0. The average molecular weight is 299 g/mol. The molecule has 0 aromatic carbocycles. The summed E-state index contributed by atoms with van der Waals surface area (Å²) in [6.07, 6.45) is 6.59. The molecule has 0 aromatic rings. The van der Waals surface area contributed by atoms with Crippen molar-refractivity contribution in [3.63, 3.8) is 0 Å². The van der Waals surface area contributed by atoms with Gasteiger partial charge in [-0.2, -0.15) is 0 Å². The quantitative estimate of drug-likeness (QED) is 0.552. The van der Waals surface area contributed by atoms with Crippen LogP contribution in [0.15, 0.2) is 0 Å². The van der Waals surface area contributed by atoms with Crippen LogP contribution >= 0.6 is 0 Å². The molecule has 0 aromatic heterocycles. The second-order valence-corrected chi connectivity index (χ2v) is 7.01. The van der Waals surface area contributed by atoms with Crippen LogP contribution < -0.4 is 5.73 Å². The smallest absolute Gasteiger partial charge is 0.325 e. The predicted octanol–water partition coefficient (Wildman–Crippen LogP) is 3.28. The minimum absolute atomic E-state index is 0.305. The van der Waals surface area contributed by atoms with Crippen LogP contribution in [0.4, 0.5) is 0 Å². The zero-order valence-electron chi connectivity index (χ0n) is 14.2. The molecule has 21 heavy (non-hydrogen) atoms. The highest BCUT2D eigenvalue weighted by atomic mass is 16.5. The van der Waals surface area contributed by atoms with Crippen LogP contribution in [0.1, 0.15) is 66.2 Å². The van der Waals surface area contributed by atoms with E-state index in [-0.39, 0.29) is 5.97 Å². The van der Waals surface area contributed by atoms with Gasteiger partial charge < -0.3 is 15.2 Å². The molecule has 3 unspecified atom stereocenters. The number of unbranched alkanes of at least 4 members (excludes halogenated alkanes) is 1. The van der Waals surface area contributed by atoms with E-state index in [1.807, 2.05) is 0 Å². The van der Waals surface area contributed by atoms with E-state index in [1.165, 1.54) is 19.3 Å². The topological polar surface area (TPSA) is 61.5 Å². The number of nitrogens with two attached hydrogens (primary N) is 1. The minimum atomic E-state index is -0.871. The Morgan fingerprint density at radius 1 is 1.19 bits per heavy atom. The molecule has 1 aliphatic carbocycles. The molecule has 0 heterocycles. The number of rotatable bonds is 8. The van der Waals surface area contributed by atoms with Gasteiger partial charge in [0.15, 0.2) is 0 Å². The Morgan fingerprint density at radius 2 is 1.81 bits per heavy atom. The summed E-state index contributed by atoms with van der Waals surface area (Å²) in [4.78, 5) is 11.7. The Balaban J connectivity index is 2.15. The van der Waals surface area contributed by atoms with E-state index in [0.717, 1.165) is 31.3 Å². The largest absolute Gasteiger partial charge is 0.465 e. The lowest BCUT2D eigenvalue weighted by atomic mass is 9.82. The van der Waals surface area contributed by atoms with Gasteiger partial charge in [-0.25, -0.2) is 0 Å². The molecule has 1 fully saturated rings. The summed E-state index contributed by atoms with van der Waals surface area (Å²) in [5.41, 5.74) is 5.12. The van der Waals surface area contributed by atoms with Crippen LogP contribution in [0.2, 0.25) is 0 Å². The maximum Gasteiger partial charge on any atom is 0.325 e. The number of hydrogen-bond donors (Lipinski definition) is 1. The molecule has 3 atom stereocenters. The van der Waals surface area contributed by atoms with Gasteiger partial charge in [0.2, 0.25) is 0 Å². The molecule has 0 spiro atoms. The number of ether oxygens (including phenoxy) is 2. The van der Waals surface area contributed by atoms with Crippen LogP contribution in [0, 0.1) is 11.8 Å². The monoisotopic (exact) mass is 299 g/mol. The fraction of sp³-hybridized carbons (Fsp3) is 0.941. The molecular formula is C17H33NO3. The Kier molecular flexibility index (Phi) is 7.67. The summed E-state index contributed by atoms with van der Waals surface area (Å²) < 4.78 is 11.0. The van der Waals surface area contributed by atoms with Crippen LogP contribution in [-0.4, -0.2) is 30.8 Å². The molecule has 4 heteroatoms. The number of esters is 1. The van der Waals surface area contributed by atoms with E-state index >= 15 is 0 Å². The summed E-state index contributed by atoms with van der Waals surface area (Å²) >= 11 is 0. The predicted molar refractivity (Wildman–Crippen MR) is 85.0 cm³/mol. The normalized spacial score (nSPS) is 28.9. The molecule has 1 saturated carbocycles. The van der Waals surface area contributed by atoms with E-state index in [0.29, 0.717) is 19.1 Å². The van der Waals surface area contributed by atoms with Gasteiger partial charge in [-0.1, -0.05) is 13.8 Å². The first-order chi connectivity index (χ1) is 9.85. The third-order valence-corrected chi connectivity index (χ3v) is 4.32. The van der Waals surface area contributed by atoms with Gasteiger partial charge in [0, 0.05) is 6.61 Å². The molecule has 0 saturated heterocycles. The van der Waals surface area contributed by atoms with Crippen molar-refractivity contribution in [2.75, 3.05) is 13.2 Å². The van der Waals surface area contributed by atoms with Crippen LogP contribution in [0.25, 0.3) is 0 Å². The van der Waals surface area contributed by atoms with Crippen LogP contribution in [0.3, 0.4) is 0 Å². The zero-order chi connectivity index (χ0) is 15.9. The third-order valence-electron chi connectivity index (χ3n) is 4.32. The standard InChI is InChI=1S/C17H33NO3/c1-5-20-16(19)17(4,18)8-6-7-9-21-15-11-13(2)10-14(3)12-15/h13-15H,5-12,18H2,1-4H3. The first-order valence-electron chi connectivity index (χ1n) is 8.42. The van der Waals surface area contributed by atoms with Gasteiger partial charge in [-0.05, 0) is 64.2 Å². The second-order valence-electron chi connectivity index (χ2n) is 7.01. The molecule has 1 aliphatic rings. The fourth-order valence-corrected chi connectivity index (χ4v) is 3.25. The van der Waals surface area contributed by atoms with Crippen molar-refractivity contribution in [1.29, 1.82) is 0 Å². The van der Waals surface area contributed by atoms with E-state index in [1.54, 1.807) is 13.8 Å². The fourth-order valence-electron chi connectivity index (χ4n) is 3.25. The van der Waals surface area contributed by atoms with E-state index in [2.05, 4.69) is 13.8 Å². The van der Waals surface area contributed by atoms with Gasteiger partial charge >= 0.3 is 5.97 Å². The lowest BCUT2D eigenvalue weighted by molar-refractivity contribution is -0.149. The van der Waals surface area contributed by atoms with Crippen molar-refractivity contribution in [2.24, 2.45) is 17.6 Å². The van der Waals surface area contributed by atoms with Crippen molar-refractivity contribution in [2.45, 2.75) is 77.9 Å². The Bertz CT molecular complexity index is 307. The number of hydrogen-bond acceptors (Lipinski definition) is 4. The van der Waals surface area contributed by atoms with Gasteiger partial charge in [-0.15, -0.1) is 0 Å². The molecule has 1 rings (SSSR count). The molecule has 2 N–H and O–H groups in total. The van der Waals surface area contributed by atoms with Gasteiger partial charge in [0.05, 0.1) is 12.7 Å². The van der Waals surface area contributed by atoms with Crippen molar-refractivity contribution >= 4 is 5.97 Å². The molecule has 124 valence electrons. The molecule has 0 amide bonds. The summed E-state index contributed by atoms with van der Waals surface area (Å²) in [5, 5.41) is 0. The minimum Gasteiger partial charge on any atom is -0.465 e. The highest BCUT2D eigenvalue weighted by Gasteiger charge is 2.29. The van der Waals surface area contributed by atoms with E-state index in [9.17, 15) is 4.79 Å².